The van der Waals surface area contributed by atoms with Gasteiger partial charge in [0.1, 0.15) is 5.82 Å². The van der Waals surface area contributed by atoms with Crippen LogP contribution in [0.15, 0.2) is 11.4 Å². The van der Waals surface area contributed by atoms with Crippen molar-refractivity contribution < 1.29 is 19.1 Å². The fourth-order valence-corrected chi connectivity index (χ4v) is 1.08. The molecule has 1 rings (SSSR count). The van der Waals surface area contributed by atoms with Crippen LogP contribution in [0.1, 0.15) is 0 Å². The number of thiophene rings is 1. The average Bonchev–Trinajstić information content (AvgIpc) is 2.13. The summed E-state index contributed by atoms with van der Waals surface area (Å²) in [5, 5.41) is 17.8. The second-order valence-corrected chi connectivity index (χ2v) is 2.40. The summed E-state index contributed by atoms with van der Waals surface area (Å²) in [6.07, 6.45) is 0. The molecule has 2 N–H and O–H groups in total. The minimum absolute atomic E-state index is 0.146. The molecule has 0 atom stereocenters. The van der Waals surface area contributed by atoms with Crippen molar-refractivity contribution in [1.82, 2.24) is 0 Å². The zero-order valence-electron chi connectivity index (χ0n) is 4.82. The Balaban J connectivity index is 2.58. The van der Waals surface area contributed by atoms with Crippen LogP contribution in [0.4, 0.5) is 4.39 Å². The summed E-state index contributed by atoms with van der Waals surface area (Å²) in [5.41, 5.74) is 0. The third-order valence-corrected chi connectivity index (χ3v) is 1.55. The van der Waals surface area contributed by atoms with E-state index in [1.165, 1.54) is 5.38 Å². The first kappa shape index (κ1) is 7.52. The van der Waals surface area contributed by atoms with Gasteiger partial charge in [0, 0.05) is 11.4 Å². The molecule has 1 aromatic rings. The molecular weight excluding hydrogens is 158 g/mol. The highest BCUT2D eigenvalue weighted by atomic mass is 32.1. The zero-order valence-corrected chi connectivity index (χ0v) is 5.64. The van der Waals surface area contributed by atoms with E-state index < -0.39 is 13.1 Å². The Bertz CT molecular complexity index is 214. The summed E-state index contributed by atoms with van der Waals surface area (Å²) in [6.45, 7) is 0. The Morgan fingerprint density at radius 1 is 1.60 bits per heavy atom. The standard InChI is InChI=1S/C4H4BFO3S/c6-3-1-4(10-2-3)9-5(7)8/h1-2,7-8H. The topological polar surface area (TPSA) is 49.7 Å². The molecule has 0 amide bonds. The van der Waals surface area contributed by atoms with E-state index >= 15 is 0 Å². The van der Waals surface area contributed by atoms with E-state index in [9.17, 15) is 4.39 Å². The van der Waals surface area contributed by atoms with Crippen molar-refractivity contribution in [2.75, 3.05) is 0 Å². The summed E-state index contributed by atoms with van der Waals surface area (Å²) in [6, 6.07) is 1.07. The van der Waals surface area contributed by atoms with E-state index in [1.807, 2.05) is 0 Å². The van der Waals surface area contributed by atoms with Crippen molar-refractivity contribution in [3.8, 4) is 5.06 Å². The van der Waals surface area contributed by atoms with Crippen LogP contribution >= 0.6 is 11.3 Å². The molecule has 0 unspecified atom stereocenters. The minimum Gasteiger partial charge on any atom is -0.504 e. The third kappa shape index (κ3) is 1.98. The van der Waals surface area contributed by atoms with Crippen LogP contribution in [0.25, 0.3) is 0 Å². The molecule has 3 nitrogen and oxygen atoms in total. The molecule has 0 spiro atoms. The van der Waals surface area contributed by atoms with Gasteiger partial charge in [0.2, 0.25) is 0 Å². The molecule has 0 aliphatic rings. The maximum absolute atomic E-state index is 12.1. The number of halogens is 1. The fraction of sp³-hybridized carbons (Fsp3) is 0. The molecular formula is C4H4BFO3S. The highest BCUT2D eigenvalue weighted by Crippen LogP contribution is 2.21. The van der Waals surface area contributed by atoms with Crippen molar-refractivity contribution in [2.45, 2.75) is 0 Å². The average molecular weight is 162 g/mol. The highest BCUT2D eigenvalue weighted by molar-refractivity contribution is 7.12. The van der Waals surface area contributed by atoms with Crippen molar-refractivity contribution >= 4 is 18.7 Å². The molecule has 0 saturated heterocycles. The molecule has 0 radical (unpaired) electrons. The van der Waals surface area contributed by atoms with E-state index in [2.05, 4.69) is 4.65 Å². The zero-order chi connectivity index (χ0) is 7.56. The van der Waals surface area contributed by atoms with Gasteiger partial charge < -0.3 is 14.7 Å². The highest BCUT2D eigenvalue weighted by Gasteiger charge is 2.12. The second kappa shape index (κ2) is 3.00. The van der Waals surface area contributed by atoms with Gasteiger partial charge in [-0.3, -0.25) is 0 Å². The van der Waals surface area contributed by atoms with Crippen molar-refractivity contribution in [3.63, 3.8) is 0 Å². The van der Waals surface area contributed by atoms with Crippen LogP contribution in [-0.4, -0.2) is 17.4 Å². The smallest absolute Gasteiger partial charge is 0.504 e. The Morgan fingerprint density at radius 3 is 2.70 bits per heavy atom. The van der Waals surface area contributed by atoms with E-state index in [4.69, 9.17) is 10.0 Å². The van der Waals surface area contributed by atoms with Crippen LogP contribution < -0.4 is 4.65 Å². The molecule has 6 heteroatoms. The van der Waals surface area contributed by atoms with Crippen LogP contribution in [-0.2, 0) is 0 Å². The first-order valence-corrected chi connectivity index (χ1v) is 3.33. The Kier molecular flexibility index (Phi) is 2.26. The molecule has 1 aromatic heterocycles. The second-order valence-electron chi connectivity index (χ2n) is 1.53. The summed E-state index contributed by atoms with van der Waals surface area (Å²) in [7, 11) is -1.88. The molecule has 1 heterocycles. The summed E-state index contributed by atoms with van der Waals surface area (Å²) in [4.78, 5) is 0. The fourth-order valence-electron chi connectivity index (χ4n) is 0.461. The quantitative estimate of drug-likeness (QED) is 0.612. The lowest BCUT2D eigenvalue weighted by atomic mass is 10.3. The summed E-state index contributed by atoms with van der Waals surface area (Å²) in [5.74, 6) is -0.444. The number of hydrogen-bond acceptors (Lipinski definition) is 4. The van der Waals surface area contributed by atoms with Gasteiger partial charge in [0.05, 0.1) is 0 Å². The largest absolute Gasteiger partial charge is 0.708 e. The van der Waals surface area contributed by atoms with Gasteiger partial charge in [-0.15, -0.1) is 11.3 Å². The van der Waals surface area contributed by atoms with Gasteiger partial charge in [0.15, 0.2) is 5.06 Å². The van der Waals surface area contributed by atoms with Crippen molar-refractivity contribution in [3.05, 3.63) is 17.3 Å². The van der Waals surface area contributed by atoms with Crippen LogP contribution in [0.3, 0.4) is 0 Å². The Morgan fingerprint density at radius 2 is 2.30 bits per heavy atom. The van der Waals surface area contributed by atoms with Gasteiger partial charge >= 0.3 is 7.32 Å². The Hall–Kier alpha value is -0.585. The Labute approximate surface area is 60.9 Å². The predicted octanol–water partition coefficient (Wildman–Crippen LogP) is 0.236. The van der Waals surface area contributed by atoms with E-state index in [1.54, 1.807) is 0 Å². The van der Waals surface area contributed by atoms with Gasteiger partial charge in [0.25, 0.3) is 0 Å². The molecule has 0 aliphatic heterocycles. The lowest BCUT2D eigenvalue weighted by Crippen LogP contribution is -2.19. The van der Waals surface area contributed by atoms with Gasteiger partial charge in [-0.2, -0.15) is 0 Å². The lowest BCUT2D eigenvalue weighted by molar-refractivity contribution is 0.291. The predicted molar refractivity (Wildman–Crippen MR) is 35.1 cm³/mol. The molecule has 10 heavy (non-hydrogen) atoms. The SMILES string of the molecule is OB(O)Oc1cc(F)cs1. The van der Waals surface area contributed by atoms with E-state index in [0.29, 0.717) is 0 Å². The van der Waals surface area contributed by atoms with Crippen LogP contribution in [0.2, 0.25) is 0 Å². The molecule has 0 fully saturated rings. The molecule has 0 saturated carbocycles. The van der Waals surface area contributed by atoms with E-state index in [-0.39, 0.29) is 5.06 Å². The van der Waals surface area contributed by atoms with Gasteiger partial charge in [-0.25, -0.2) is 4.39 Å². The first-order chi connectivity index (χ1) is 4.68. The van der Waals surface area contributed by atoms with Gasteiger partial charge in [-0.05, 0) is 0 Å². The number of hydrogen-bond donors (Lipinski definition) is 2. The molecule has 0 aromatic carbocycles. The summed E-state index contributed by atoms with van der Waals surface area (Å²) < 4.78 is 16.5. The first-order valence-electron chi connectivity index (χ1n) is 2.45. The molecule has 0 aliphatic carbocycles. The van der Waals surface area contributed by atoms with E-state index in [0.717, 1.165) is 17.4 Å². The minimum atomic E-state index is -1.88. The number of rotatable bonds is 2. The maximum atomic E-state index is 12.1. The maximum Gasteiger partial charge on any atom is 0.708 e. The normalized spacial score (nSPS) is 9.50. The van der Waals surface area contributed by atoms with Crippen LogP contribution in [0.5, 0.6) is 5.06 Å². The van der Waals surface area contributed by atoms with Crippen molar-refractivity contribution in [1.29, 1.82) is 0 Å². The monoisotopic (exact) mass is 162 g/mol. The molecule has 54 valence electrons. The van der Waals surface area contributed by atoms with Crippen LogP contribution in [0, 0.1) is 5.82 Å². The third-order valence-electron chi connectivity index (χ3n) is 0.765. The lowest BCUT2D eigenvalue weighted by Gasteiger charge is -1.97. The van der Waals surface area contributed by atoms with Crippen molar-refractivity contribution in [2.24, 2.45) is 0 Å². The molecule has 0 bridgehead atoms. The summed E-state index contributed by atoms with van der Waals surface area (Å²) >= 11 is 0.961. The van der Waals surface area contributed by atoms with Gasteiger partial charge in [-0.1, -0.05) is 0 Å².